The van der Waals surface area contributed by atoms with Crippen molar-refractivity contribution >= 4 is 18.0 Å². The van der Waals surface area contributed by atoms with Crippen LogP contribution in [0.25, 0.3) is 6.08 Å². The second-order valence-corrected chi connectivity index (χ2v) is 10.9. The zero-order valence-electron chi connectivity index (χ0n) is 25.1. The summed E-state index contributed by atoms with van der Waals surface area (Å²) in [6.45, 7) is 6.56. The Balaban J connectivity index is 1.90. The van der Waals surface area contributed by atoms with E-state index >= 15 is 0 Å². The molecule has 0 radical (unpaired) electrons. The molecule has 1 amide bonds. The van der Waals surface area contributed by atoms with Crippen molar-refractivity contribution in [3.8, 4) is 34.8 Å². The molecule has 0 aromatic heterocycles. The number of piperazine rings is 1. The highest BCUT2D eigenvalue weighted by Gasteiger charge is 2.53. The van der Waals surface area contributed by atoms with Crippen molar-refractivity contribution in [3.05, 3.63) is 45.1 Å². The molecular formula is C31H36N4O7. The molecule has 1 fully saturated rings. The Morgan fingerprint density at radius 2 is 1.74 bits per heavy atom. The number of nitrogens with one attached hydrogen (secondary N) is 1. The molecule has 2 N–H and O–H groups in total. The smallest absolute Gasteiger partial charge is 0.308 e. The zero-order valence-corrected chi connectivity index (χ0v) is 25.1. The van der Waals surface area contributed by atoms with Crippen LogP contribution in [-0.4, -0.2) is 73.8 Å². The van der Waals surface area contributed by atoms with Crippen LogP contribution >= 0.6 is 0 Å². The summed E-state index contributed by atoms with van der Waals surface area (Å²) in [4.78, 5) is 28.7. The van der Waals surface area contributed by atoms with Crippen LogP contribution in [-0.2, 0) is 16.0 Å². The summed E-state index contributed by atoms with van der Waals surface area (Å²) in [6, 6.07) is 2.62. The monoisotopic (exact) mass is 576 g/mol. The number of carbonyl (C=O) groups excluding carboxylic acids is 2. The number of rotatable bonds is 6. The summed E-state index contributed by atoms with van der Waals surface area (Å²) in [5, 5.41) is 25.1. The molecule has 0 unspecified atom stereocenters. The van der Waals surface area contributed by atoms with E-state index < -0.39 is 24.1 Å². The number of ether oxygens (including phenoxy) is 4. The lowest BCUT2D eigenvalue weighted by Gasteiger charge is -2.57. The third-order valence-electron chi connectivity index (χ3n) is 8.60. The number of benzene rings is 2. The minimum atomic E-state index is -0.628. The van der Waals surface area contributed by atoms with Gasteiger partial charge in [-0.2, -0.15) is 5.26 Å². The van der Waals surface area contributed by atoms with Gasteiger partial charge in [0.2, 0.25) is 5.91 Å². The van der Waals surface area contributed by atoms with E-state index in [0.29, 0.717) is 57.4 Å². The van der Waals surface area contributed by atoms with E-state index in [1.165, 1.54) is 35.2 Å². The number of phenols is 1. The van der Waals surface area contributed by atoms with Crippen molar-refractivity contribution < 1.29 is 33.6 Å². The number of amides is 1. The van der Waals surface area contributed by atoms with Crippen LogP contribution in [0, 0.1) is 25.2 Å². The number of hydrogen-bond acceptors (Lipinski definition) is 10. The standard InChI is InChI=1S/C31H36N4O7/c1-14-9-18-10-20-22(12-32)35-21(26(34(20)5)24(18)27(38)28(14)39-6)11-19-25(23(35)13-33-16(3)36)31(41-8)30(40-7)15(2)29(19)42-17(4)37/h9,11,20,22-23,26,38H,10,13H2,1-8H3,(H,33,36)/t20-,22-,23-,26+/m0/s1. The van der Waals surface area contributed by atoms with E-state index in [2.05, 4.69) is 16.3 Å². The Labute approximate surface area is 245 Å². The average Bonchev–Trinajstić information content (AvgIpc) is 2.93. The van der Waals surface area contributed by atoms with Crippen LogP contribution in [0.1, 0.15) is 59.3 Å². The van der Waals surface area contributed by atoms with Crippen molar-refractivity contribution in [3.63, 3.8) is 0 Å². The van der Waals surface area contributed by atoms with Crippen molar-refractivity contribution in [2.24, 2.45) is 0 Å². The van der Waals surface area contributed by atoms with E-state index in [4.69, 9.17) is 18.9 Å². The number of nitrogens with zero attached hydrogens (tertiary/aromatic N) is 3. The highest BCUT2D eigenvalue weighted by atomic mass is 16.5. The first kappa shape index (κ1) is 29.1. The maximum atomic E-state index is 12.3. The molecule has 3 aliphatic heterocycles. The first-order valence-corrected chi connectivity index (χ1v) is 13.7. The number of aromatic hydroxyl groups is 1. The Morgan fingerprint density at radius 3 is 2.31 bits per heavy atom. The predicted octanol–water partition coefficient (Wildman–Crippen LogP) is 3.30. The number of carbonyl (C=O) groups is 2. The Kier molecular flexibility index (Phi) is 7.45. The summed E-state index contributed by atoms with van der Waals surface area (Å²) in [7, 11) is 6.50. The number of aryl methyl sites for hydroxylation is 1. The Hall–Kier alpha value is -4.43. The van der Waals surface area contributed by atoms with Gasteiger partial charge in [0.1, 0.15) is 11.8 Å². The molecule has 0 aliphatic carbocycles. The van der Waals surface area contributed by atoms with Gasteiger partial charge >= 0.3 is 5.97 Å². The second-order valence-electron chi connectivity index (χ2n) is 10.9. The van der Waals surface area contributed by atoms with Crippen LogP contribution in [0.15, 0.2) is 11.8 Å². The van der Waals surface area contributed by atoms with E-state index in [9.17, 15) is 20.0 Å². The van der Waals surface area contributed by atoms with Gasteiger partial charge < -0.3 is 34.3 Å². The van der Waals surface area contributed by atoms with Crippen molar-refractivity contribution in [1.29, 1.82) is 5.26 Å². The lowest BCUT2D eigenvalue weighted by Crippen LogP contribution is -2.62. The van der Waals surface area contributed by atoms with Crippen LogP contribution < -0.4 is 24.3 Å². The van der Waals surface area contributed by atoms with Crippen LogP contribution in [0.2, 0.25) is 0 Å². The topological polar surface area (TPSA) is 134 Å². The fourth-order valence-electron chi connectivity index (χ4n) is 6.98. The van der Waals surface area contributed by atoms with Gasteiger partial charge in [0.25, 0.3) is 0 Å². The van der Waals surface area contributed by atoms with Crippen LogP contribution in [0.3, 0.4) is 0 Å². The summed E-state index contributed by atoms with van der Waals surface area (Å²) >= 11 is 0. The van der Waals surface area contributed by atoms with Gasteiger partial charge in [0.15, 0.2) is 23.0 Å². The number of esters is 1. The largest absolute Gasteiger partial charge is 0.504 e. The van der Waals surface area contributed by atoms with Crippen molar-refractivity contribution in [2.45, 2.75) is 58.3 Å². The molecule has 5 rings (SSSR count). The number of phenolic OH excluding ortho intramolecular Hbond substituents is 1. The number of methoxy groups -OCH3 is 3. The molecule has 2 aromatic rings. The van der Waals surface area contributed by atoms with Gasteiger partial charge in [-0.3, -0.25) is 14.5 Å². The lowest BCUT2D eigenvalue weighted by molar-refractivity contribution is -0.132. The number of hydrogen-bond donors (Lipinski definition) is 2. The van der Waals surface area contributed by atoms with E-state index in [0.717, 1.165) is 11.1 Å². The number of likely N-dealkylation sites (N-methyl/N-ethyl adjacent to an activating group) is 1. The van der Waals surface area contributed by atoms with E-state index in [1.54, 1.807) is 6.92 Å². The van der Waals surface area contributed by atoms with Gasteiger partial charge in [0, 0.05) is 54.4 Å². The Morgan fingerprint density at radius 1 is 1.07 bits per heavy atom. The molecule has 2 bridgehead atoms. The molecule has 11 heteroatoms. The molecule has 222 valence electrons. The fourth-order valence-corrected chi connectivity index (χ4v) is 6.98. The SMILES string of the molecule is COc1c(C)cc2c(c1O)[C@H]1C3=Cc4c(OC(C)=O)c(C)c(OC)c(OC)c4[C@H](CNC(C)=O)N3[C@@H](C#N)[C@H](C2)N1C. The van der Waals surface area contributed by atoms with E-state index in [-0.39, 0.29) is 24.2 Å². The van der Waals surface area contributed by atoms with Gasteiger partial charge in [-0.15, -0.1) is 0 Å². The Bertz CT molecular complexity index is 1560. The first-order chi connectivity index (χ1) is 20.0. The molecule has 1 saturated heterocycles. The van der Waals surface area contributed by atoms with Gasteiger partial charge in [-0.1, -0.05) is 6.07 Å². The molecule has 42 heavy (non-hydrogen) atoms. The van der Waals surface area contributed by atoms with E-state index in [1.807, 2.05) is 31.0 Å². The molecule has 2 aromatic carbocycles. The summed E-state index contributed by atoms with van der Waals surface area (Å²) in [5.74, 6) is 0.808. The molecule has 11 nitrogen and oxygen atoms in total. The van der Waals surface area contributed by atoms with Crippen molar-refractivity contribution in [2.75, 3.05) is 34.9 Å². The summed E-state index contributed by atoms with van der Waals surface area (Å²) < 4.78 is 23.0. The molecule has 0 spiro atoms. The molecule has 3 aliphatic rings. The lowest BCUT2D eigenvalue weighted by atomic mass is 9.75. The second kappa shape index (κ2) is 10.8. The normalized spacial score (nSPS) is 22.1. The first-order valence-electron chi connectivity index (χ1n) is 13.7. The zero-order chi connectivity index (χ0) is 30.6. The number of nitriles is 1. The third kappa shape index (κ3) is 4.20. The maximum Gasteiger partial charge on any atom is 0.308 e. The minimum absolute atomic E-state index is 0.0481. The van der Waals surface area contributed by atoms with Gasteiger partial charge in [-0.25, -0.2) is 0 Å². The van der Waals surface area contributed by atoms with Crippen molar-refractivity contribution in [1.82, 2.24) is 15.1 Å². The van der Waals surface area contributed by atoms with Gasteiger partial charge in [0.05, 0.1) is 39.5 Å². The third-order valence-corrected chi connectivity index (χ3v) is 8.60. The maximum absolute atomic E-state index is 12.3. The fraction of sp³-hybridized carbons (Fsp3) is 0.452. The quantitative estimate of drug-likeness (QED) is 0.390. The minimum Gasteiger partial charge on any atom is -0.504 e. The molecule has 4 atom stereocenters. The number of fused-ring (bicyclic) bond motifs is 7. The van der Waals surface area contributed by atoms with Crippen LogP contribution in [0.5, 0.6) is 28.7 Å². The molecular weight excluding hydrogens is 540 g/mol. The molecule has 3 heterocycles. The van der Waals surface area contributed by atoms with Gasteiger partial charge in [-0.05, 0) is 44.5 Å². The predicted molar refractivity (Wildman–Crippen MR) is 154 cm³/mol. The highest BCUT2D eigenvalue weighted by Crippen LogP contribution is 2.58. The molecule has 0 saturated carbocycles. The van der Waals surface area contributed by atoms with Crippen LogP contribution in [0.4, 0.5) is 0 Å². The summed E-state index contributed by atoms with van der Waals surface area (Å²) in [5.41, 5.74) is 4.92. The summed E-state index contributed by atoms with van der Waals surface area (Å²) in [6.07, 6.45) is 2.42. The highest BCUT2D eigenvalue weighted by molar-refractivity contribution is 5.81. The average molecular weight is 577 g/mol.